The first kappa shape index (κ1) is 10.7. The van der Waals surface area contributed by atoms with Gasteiger partial charge in [0.15, 0.2) is 0 Å². The van der Waals surface area contributed by atoms with Gasteiger partial charge in [-0.25, -0.2) is 0 Å². The Morgan fingerprint density at radius 1 is 1.08 bits per heavy atom. The number of benzene rings is 1. The summed E-state index contributed by atoms with van der Waals surface area (Å²) < 4.78 is 0. The summed E-state index contributed by atoms with van der Waals surface area (Å²) in [5.41, 5.74) is 3.13. The van der Waals surface area contributed by atoms with Crippen LogP contribution in [0.25, 0.3) is 0 Å². The standard InChI is InChI=1S/C12H19P/c1-12(2,3)11-6-4-10(5-7-11)8-9-13/h4-7H,8-9,13H2,1-3H3. The van der Waals surface area contributed by atoms with Gasteiger partial charge in [-0.3, -0.25) is 0 Å². The van der Waals surface area contributed by atoms with Gasteiger partial charge in [0.2, 0.25) is 0 Å². The van der Waals surface area contributed by atoms with Crippen LogP contribution >= 0.6 is 9.24 Å². The Bertz CT molecular complexity index is 253. The minimum atomic E-state index is 0.277. The van der Waals surface area contributed by atoms with Crippen LogP contribution in [-0.2, 0) is 11.8 Å². The summed E-state index contributed by atoms with van der Waals surface area (Å²) in [6, 6.07) is 8.97. The zero-order chi connectivity index (χ0) is 9.90. The maximum atomic E-state index is 2.76. The lowest BCUT2D eigenvalue weighted by Gasteiger charge is -2.19. The van der Waals surface area contributed by atoms with E-state index in [1.54, 1.807) is 0 Å². The highest BCUT2D eigenvalue weighted by Gasteiger charge is 2.12. The number of hydrogen-bond donors (Lipinski definition) is 0. The molecule has 0 fully saturated rings. The summed E-state index contributed by atoms with van der Waals surface area (Å²) in [5.74, 6) is 0. The van der Waals surface area contributed by atoms with Crippen LogP contribution in [-0.4, -0.2) is 6.16 Å². The third-order valence-corrected chi connectivity index (χ3v) is 2.54. The van der Waals surface area contributed by atoms with Gasteiger partial charge in [0, 0.05) is 0 Å². The molecule has 0 bridgehead atoms. The van der Waals surface area contributed by atoms with Gasteiger partial charge in [0.1, 0.15) is 0 Å². The van der Waals surface area contributed by atoms with Crippen molar-refractivity contribution in [1.29, 1.82) is 0 Å². The summed E-state index contributed by atoms with van der Waals surface area (Å²) in [5, 5.41) is 0. The number of hydrogen-bond acceptors (Lipinski definition) is 0. The lowest BCUT2D eigenvalue weighted by Crippen LogP contribution is -2.10. The SMILES string of the molecule is CC(C)(C)c1ccc(CCP)cc1. The van der Waals surface area contributed by atoms with Crippen molar-refractivity contribution in [2.24, 2.45) is 0 Å². The smallest absolute Gasteiger partial charge is 0.0132 e. The van der Waals surface area contributed by atoms with E-state index in [2.05, 4.69) is 54.3 Å². The molecule has 0 aromatic heterocycles. The third-order valence-electron chi connectivity index (χ3n) is 2.25. The highest BCUT2D eigenvalue weighted by atomic mass is 31.0. The van der Waals surface area contributed by atoms with Crippen LogP contribution in [0.4, 0.5) is 0 Å². The molecule has 0 nitrogen and oxygen atoms in total. The van der Waals surface area contributed by atoms with Gasteiger partial charge in [-0.1, -0.05) is 45.0 Å². The van der Waals surface area contributed by atoms with Crippen LogP contribution in [0.15, 0.2) is 24.3 Å². The van der Waals surface area contributed by atoms with E-state index >= 15 is 0 Å². The van der Waals surface area contributed by atoms with E-state index in [4.69, 9.17) is 0 Å². The van der Waals surface area contributed by atoms with Crippen molar-refractivity contribution in [3.8, 4) is 0 Å². The molecule has 0 aliphatic rings. The van der Waals surface area contributed by atoms with Crippen molar-refractivity contribution in [2.45, 2.75) is 32.6 Å². The monoisotopic (exact) mass is 194 g/mol. The minimum Gasteiger partial charge on any atom is -0.137 e. The van der Waals surface area contributed by atoms with Gasteiger partial charge >= 0.3 is 0 Å². The zero-order valence-electron chi connectivity index (χ0n) is 8.80. The van der Waals surface area contributed by atoms with E-state index in [-0.39, 0.29) is 5.41 Å². The van der Waals surface area contributed by atoms with Crippen molar-refractivity contribution >= 4 is 9.24 Å². The van der Waals surface area contributed by atoms with Crippen LogP contribution in [0.3, 0.4) is 0 Å². The molecule has 0 spiro atoms. The first-order chi connectivity index (χ1) is 6.04. The lowest BCUT2D eigenvalue weighted by molar-refractivity contribution is 0.590. The Balaban J connectivity index is 2.81. The molecule has 0 saturated carbocycles. The molecule has 0 heterocycles. The van der Waals surface area contributed by atoms with Crippen molar-refractivity contribution < 1.29 is 0 Å². The zero-order valence-corrected chi connectivity index (χ0v) is 9.96. The molecule has 1 unspecified atom stereocenters. The first-order valence-corrected chi connectivity index (χ1v) is 5.65. The largest absolute Gasteiger partial charge is 0.137 e. The molecule has 1 rings (SSSR count). The molecule has 0 N–H and O–H groups in total. The fourth-order valence-corrected chi connectivity index (χ4v) is 1.67. The molecule has 0 aliphatic carbocycles. The van der Waals surface area contributed by atoms with E-state index in [1.807, 2.05) is 0 Å². The summed E-state index contributed by atoms with van der Waals surface area (Å²) in [7, 11) is 2.76. The van der Waals surface area contributed by atoms with Gasteiger partial charge < -0.3 is 0 Å². The van der Waals surface area contributed by atoms with Crippen molar-refractivity contribution in [3.63, 3.8) is 0 Å². The molecule has 1 atom stereocenters. The van der Waals surface area contributed by atoms with Crippen molar-refractivity contribution in [2.75, 3.05) is 6.16 Å². The van der Waals surface area contributed by atoms with E-state index in [0.29, 0.717) is 0 Å². The van der Waals surface area contributed by atoms with Gasteiger partial charge in [-0.15, -0.1) is 9.24 Å². The molecule has 13 heavy (non-hydrogen) atoms. The van der Waals surface area contributed by atoms with Gasteiger partial charge in [-0.2, -0.15) is 0 Å². The second kappa shape index (κ2) is 4.24. The molecule has 0 amide bonds. The molecule has 1 aromatic rings. The van der Waals surface area contributed by atoms with Crippen LogP contribution in [0.1, 0.15) is 31.9 Å². The highest BCUT2D eigenvalue weighted by molar-refractivity contribution is 7.16. The molecule has 1 aromatic carbocycles. The highest BCUT2D eigenvalue weighted by Crippen LogP contribution is 2.22. The Hall–Kier alpha value is -0.350. The maximum absolute atomic E-state index is 2.76. The second-order valence-corrected chi connectivity index (χ2v) is 5.06. The average molecular weight is 194 g/mol. The summed E-state index contributed by atoms with van der Waals surface area (Å²) in [6.45, 7) is 6.74. The van der Waals surface area contributed by atoms with Crippen LogP contribution in [0.5, 0.6) is 0 Å². The Morgan fingerprint density at radius 3 is 2.00 bits per heavy atom. The van der Waals surface area contributed by atoms with Crippen LogP contribution in [0, 0.1) is 0 Å². The normalized spacial score (nSPS) is 11.7. The average Bonchev–Trinajstić information content (AvgIpc) is 2.04. The Labute approximate surface area is 84.0 Å². The fourth-order valence-electron chi connectivity index (χ4n) is 1.34. The van der Waals surface area contributed by atoms with Gasteiger partial charge in [-0.05, 0) is 29.1 Å². The number of rotatable bonds is 2. The third kappa shape index (κ3) is 3.12. The minimum absolute atomic E-state index is 0.277. The van der Waals surface area contributed by atoms with Crippen LogP contribution < -0.4 is 0 Å². The van der Waals surface area contributed by atoms with Gasteiger partial charge in [0.25, 0.3) is 0 Å². The van der Waals surface area contributed by atoms with Gasteiger partial charge in [0.05, 0.1) is 0 Å². The van der Waals surface area contributed by atoms with E-state index < -0.39 is 0 Å². The predicted molar refractivity (Wildman–Crippen MR) is 63.4 cm³/mol. The predicted octanol–water partition coefficient (Wildman–Crippen LogP) is 3.40. The summed E-state index contributed by atoms with van der Waals surface area (Å²) in [4.78, 5) is 0. The molecular formula is C12H19P. The molecule has 72 valence electrons. The fraction of sp³-hybridized carbons (Fsp3) is 0.500. The molecule has 1 heteroatoms. The lowest BCUT2D eigenvalue weighted by atomic mass is 9.86. The Kier molecular flexibility index (Phi) is 3.50. The van der Waals surface area contributed by atoms with E-state index in [0.717, 1.165) is 12.6 Å². The number of aryl methyl sites for hydroxylation is 1. The van der Waals surface area contributed by atoms with Crippen LogP contribution in [0.2, 0.25) is 0 Å². The molecular weight excluding hydrogens is 175 g/mol. The molecule has 0 radical (unpaired) electrons. The topological polar surface area (TPSA) is 0 Å². The van der Waals surface area contributed by atoms with Crippen molar-refractivity contribution in [1.82, 2.24) is 0 Å². The van der Waals surface area contributed by atoms with E-state index in [9.17, 15) is 0 Å². The van der Waals surface area contributed by atoms with E-state index in [1.165, 1.54) is 11.1 Å². The molecule has 0 aliphatic heterocycles. The summed E-state index contributed by atoms with van der Waals surface area (Å²) in [6.07, 6.45) is 2.31. The Morgan fingerprint density at radius 2 is 1.62 bits per heavy atom. The maximum Gasteiger partial charge on any atom is -0.0132 e. The first-order valence-electron chi connectivity index (χ1n) is 4.83. The second-order valence-electron chi connectivity index (χ2n) is 4.49. The van der Waals surface area contributed by atoms with Crippen molar-refractivity contribution in [3.05, 3.63) is 35.4 Å². The molecule has 0 saturated heterocycles. The summed E-state index contributed by atoms with van der Waals surface area (Å²) >= 11 is 0. The quantitative estimate of drug-likeness (QED) is 0.633.